The first-order valence-corrected chi connectivity index (χ1v) is 7.57. The summed E-state index contributed by atoms with van der Waals surface area (Å²) in [5.41, 5.74) is 0. The molecular formula is C12H25Cl2N3OS. The molecule has 2 aliphatic heterocycles. The number of piperidine rings is 1. The van der Waals surface area contributed by atoms with E-state index in [1.54, 1.807) is 0 Å². The van der Waals surface area contributed by atoms with E-state index in [9.17, 15) is 4.79 Å². The molecule has 0 spiro atoms. The van der Waals surface area contributed by atoms with Gasteiger partial charge in [0.25, 0.3) is 0 Å². The van der Waals surface area contributed by atoms with Crippen LogP contribution in [0.1, 0.15) is 12.8 Å². The Labute approximate surface area is 132 Å². The quantitative estimate of drug-likeness (QED) is 0.846. The van der Waals surface area contributed by atoms with Crippen molar-refractivity contribution in [2.45, 2.75) is 18.9 Å². The minimum Gasteiger partial charge on any atom is -0.341 e. The van der Waals surface area contributed by atoms with Gasteiger partial charge in [0.15, 0.2) is 0 Å². The van der Waals surface area contributed by atoms with Gasteiger partial charge in [-0.05, 0) is 32.9 Å². The summed E-state index contributed by atoms with van der Waals surface area (Å²) in [6, 6.07) is 0.0744. The molecule has 2 saturated heterocycles. The van der Waals surface area contributed by atoms with Gasteiger partial charge in [-0.25, -0.2) is 0 Å². The minimum absolute atomic E-state index is 0. The maximum absolute atomic E-state index is 12.2. The molecule has 7 heteroatoms. The van der Waals surface area contributed by atoms with Crippen molar-refractivity contribution >= 4 is 42.5 Å². The Bertz CT molecular complexity index is 268. The van der Waals surface area contributed by atoms with Gasteiger partial charge in [0.1, 0.15) is 0 Å². The molecule has 114 valence electrons. The molecule has 1 atom stereocenters. The molecule has 0 aromatic carbocycles. The average molecular weight is 330 g/mol. The number of hydrogen-bond acceptors (Lipinski definition) is 4. The molecule has 1 N–H and O–H groups in total. The third-order valence-corrected chi connectivity index (χ3v) is 4.50. The Morgan fingerprint density at radius 1 is 1.32 bits per heavy atom. The van der Waals surface area contributed by atoms with Gasteiger partial charge >= 0.3 is 0 Å². The van der Waals surface area contributed by atoms with E-state index in [1.807, 2.05) is 11.8 Å². The van der Waals surface area contributed by atoms with Gasteiger partial charge in [0.05, 0.1) is 6.04 Å². The number of carbonyl (C=O) groups excluding carboxylic acids is 1. The van der Waals surface area contributed by atoms with Crippen LogP contribution in [0.15, 0.2) is 0 Å². The zero-order valence-electron chi connectivity index (χ0n) is 11.6. The fourth-order valence-corrected chi connectivity index (χ4v) is 3.56. The molecule has 0 saturated carbocycles. The number of nitrogens with one attached hydrogen (secondary N) is 1. The molecule has 2 heterocycles. The van der Waals surface area contributed by atoms with Crippen LogP contribution in [0.5, 0.6) is 0 Å². The molecule has 0 bridgehead atoms. The number of rotatable bonds is 3. The first-order valence-electron chi connectivity index (χ1n) is 6.41. The molecule has 4 nitrogen and oxygen atoms in total. The highest BCUT2D eigenvalue weighted by atomic mass is 35.5. The lowest BCUT2D eigenvalue weighted by atomic mass is 9.96. The molecule has 0 aromatic heterocycles. The molecule has 1 unspecified atom stereocenters. The fourth-order valence-electron chi connectivity index (χ4n) is 2.63. The summed E-state index contributed by atoms with van der Waals surface area (Å²) in [6.07, 6.45) is 2.31. The van der Waals surface area contributed by atoms with Crippen molar-refractivity contribution < 1.29 is 4.79 Å². The summed E-state index contributed by atoms with van der Waals surface area (Å²) < 4.78 is 0. The van der Waals surface area contributed by atoms with E-state index < -0.39 is 0 Å². The van der Waals surface area contributed by atoms with Gasteiger partial charge in [-0.15, -0.1) is 36.6 Å². The van der Waals surface area contributed by atoms with Crippen LogP contribution in [0, 0.1) is 5.92 Å². The van der Waals surface area contributed by atoms with E-state index in [4.69, 9.17) is 0 Å². The van der Waals surface area contributed by atoms with E-state index in [0.29, 0.717) is 5.91 Å². The van der Waals surface area contributed by atoms with Gasteiger partial charge in [0, 0.05) is 31.3 Å². The molecule has 0 radical (unpaired) electrons. The third kappa shape index (κ3) is 5.68. The maximum Gasteiger partial charge on any atom is 0.240 e. The molecule has 1 amide bonds. The second-order valence-corrected chi connectivity index (χ2v) is 6.33. The summed E-state index contributed by atoms with van der Waals surface area (Å²) >= 11 is 1.82. The normalized spacial score (nSPS) is 23.9. The molecule has 0 aromatic rings. The number of amides is 1. The maximum atomic E-state index is 12.2. The summed E-state index contributed by atoms with van der Waals surface area (Å²) in [5.74, 6) is 2.95. The number of hydrogen-bond donors (Lipinski definition) is 1. The highest BCUT2D eigenvalue weighted by Gasteiger charge is 2.30. The largest absolute Gasteiger partial charge is 0.341 e. The zero-order chi connectivity index (χ0) is 12.3. The van der Waals surface area contributed by atoms with Gasteiger partial charge in [-0.3, -0.25) is 10.1 Å². The lowest BCUT2D eigenvalue weighted by molar-refractivity contribution is -0.134. The van der Waals surface area contributed by atoms with Crippen LogP contribution < -0.4 is 5.32 Å². The van der Waals surface area contributed by atoms with Gasteiger partial charge in [-0.1, -0.05) is 0 Å². The monoisotopic (exact) mass is 329 g/mol. The second-order valence-electron chi connectivity index (χ2n) is 5.30. The summed E-state index contributed by atoms with van der Waals surface area (Å²) in [6.45, 7) is 3.04. The number of carbonyl (C=O) groups is 1. The third-order valence-electron chi connectivity index (χ3n) is 3.56. The van der Waals surface area contributed by atoms with Crippen LogP contribution in [0.25, 0.3) is 0 Å². The fraction of sp³-hybridized carbons (Fsp3) is 0.917. The molecule has 2 rings (SSSR count). The first kappa shape index (κ1) is 19.3. The number of thioether (sulfide) groups is 1. The van der Waals surface area contributed by atoms with E-state index in [0.717, 1.165) is 50.0 Å². The van der Waals surface area contributed by atoms with Gasteiger partial charge in [0.2, 0.25) is 5.91 Å². The molecular weight excluding hydrogens is 305 g/mol. The van der Waals surface area contributed by atoms with Crippen molar-refractivity contribution in [2.24, 2.45) is 5.92 Å². The Balaban J connectivity index is 0.00000162. The van der Waals surface area contributed by atoms with Crippen LogP contribution >= 0.6 is 36.6 Å². The molecule has 0 aliphatic carbocycles. The van der Waals surface area contributed by atoms with Gasteiger partial charge < -0.3 is 9.80 Å². The van der Waals surface area contributed by atoms with Crippen LogP contribution in [0.3, 0.4) is 0 Å². The van der Waals surface area contributed by atoms with Crippen LogP contribution in [0.4, 0.5) is 0 Å². The molecule has 2 fully saturated rings. The topological polar surface area (TPSA) is 35.6 Å². The van der Waals surface area contributed by atoms with Crippen molar-refractivity contribution in [3.63, 3.8) is 0 Å². The van der Waals surface area contributed by atoms with Crippen LogP contribution in [-0.2, 0) is 4.79 Å². The Kier molecular flexibility index (Phi) is 9.45. The Morgan fingerprint density at radius 2 is 1.95 bits per heavy atom. The standard InChI is InChI=1S/C12H23N3OS.2ClH/c1-14(2)7-10-3-5-15(6-4-10)12(16)11-8-17-9-13-11;;/h10-11,13H,3-9H2,1-2H3;2*1H. The smallest absolute Gasteiger partial charge is 0.240 e. The van der Waals surface area contributed by atoms with E-state index >= 15 is 0 Å². The summed E-state index contributed by atoms with van der Waals surface area (Å²) in [4.78, 5) is 16.5. The number of nitrogens with zero attached hydrogens (tertiary/aromatic N) is 2. The van der Waals surface area contributed by atoms with Crippen LogP contribution in [0.2, 0.25) is 0 Å². The number of likely N-dealkylation sites (tertiary alicyclic amines) is 1. The second kappa shape index (κ2) is 9.29. The first-order chi connectivity index (χ1) is 8.16. The van der Waals surface area contributed by atoms with Crippen molar-refractivity contribution in [1.82, 2.24) is 15.1 Å². The zero-order valence-corrected chi connectivity index (χ0v) is 14.1. The SMILES string of the molecule is CN(C)CC1CCN(C(=O)C2CSCN2)CC1.Cl.Cl. The van der Waals surface area contributed by atoms with E-state index in [2.05, 4.69) is 29.2 Å². The van der Waals surface area contributed by atoms with E-state index in [1.165, 1.54) is 0 Å². The number of halogens is 2. The predicted molar refractivity (Wildman–Crippen MR) is 86.6 cm³/mol. The van der Waals surface area contributed by atoms with Crippen molar-refractivity contribution in [1.29, 1.82) is 0 Å². The van der Waals surface area contributed by atoms with Gasteiger partial charge in [-0.2, -0.15) is 0 Å². The lowest BCUT2D eigenvalue weighted by Gasteiger charge is -2.34. The average Bonchev–Trinajstić information content (AvgIpc) is 2.82. The highest BCUT2D eigenvalue weighted by molar-refractivity contribution is 7.99. The Morgan fingerprint density at radius 3 is 2.42 bits per heavy atom. The molecule has 2 aliphatic rings. The minimum atomic E-state index is 0. The lowest BCUT2D eigenvalue weighted by Crippen LogP contribution is -2.48. The molecule has 19 heavy (non-hydrogen) atoms. The van der Waals surface area contributed by atoms with Crippen molar-refractivity contribution in [3.8, 4) is 0 Å². The highest BCUT2D eigenvalue weighted by Crippen LogP contribution is 2.20. The summed E-state index contributed by atoms with van der Waals surface area (Å²) in [5, 5.41) is 3.26. The van der Waals surface area contributed by atoms with Crippen LogP contribution in [-0.4, -0.2) is 67.1 Å². The Hall–Kier alpha value is 0.320. The van der Waals surface area contributed by atoms with Crippen molar-refractivity contribution in [2.75, 3.05) is 45.4 Å². The van der Waals surface area contributed by atoms with Crippen molar-refractivity contribution in [3.05, 3.63) is 0 Å². The predicted octanol–water partition coefficient (Wildman–Crippen LogP) is 1.29. The van der Waals surface area contributed by atoms with E-state index in [-0.39, 0.29) is 30.9 Å². The summed E-state index contributed by atoms with van der Waals surface area (Å²) in [7, 11) is 4.24.